The zero-order valence-corrected chi connectivity index (χ0v) is 11.0. The summed E-state index contributed by atoms with van der Waals surface area (Å²) in [5, 5.41) is 13.2. The topological polar surface area (TPSA) is 75.3 Å². The minimum absolute atomic E-state index is 0.00299. The molecule has 0 bridgehead atoms. The number of carbonyl (C=O) groups is 1. The number of aliphatic hydroxyl groups is 1. The van der Waals surface area contributed by atoms with Gasteiger partial charge in [0, 0.05) is 12.2 Å². The first-order valence-electron chi connectivity index (χ1n) is 6.57. The highest BCUT2D eigenvalue weighted by molar-refractivity contribution is 5.99. The largest absolute Gasteiger partial charge is 0.384 e. The molecule has 1 aliphatic heterocycles. The van der Waals surface area contributed by atoms with E-state index < -0.39 is 6.10 Å². The number of amides is 1. The maximum Gasteiger partial charge on any atom is 0.228 e. The van der Waals surface area contributed by atoms with Crippen LogP contribution in [0.4, 0.5) is 5.69 Å². The first-order valence-corrected chi connectivity index (χ1v) is 6.57. The molecule has 4 N–H and O–H groups in total. The molecule has 2 aromatic carbocycles. The van der Waals surface area contributed by atoms with Crippen molar-refractivity contribution < 1.29 is 9.90 Å². The fraction of sp³-hybridized carbons (Fsp3) is 0.188. The Kier molecular flexibility index (Phi) is 3.26. The predicted molar refractivity (Wildman–Crippen MR) is 77.2 cm³/mol. The Morgan fingerprint density at radius 2 is 2.00 bits per heavy atom. The van der Waals surface area contributed by atoms with E-state index in [9.17, 15) is 9.90 Å². The number of nitrogens with one attached hydrogen (secondary N) is 1. The number of aliphatic hydroxyl groups excluding tert-OH is 1. The van der Waals surface area contributed by atoms with Crippen LogP contribution < -0.4 is 11.1 Å². The Morgan fingerprint density at radius 1 is 1.20 bits per heavy atom. The summed E-state index contributed by atoms with van der Waals surface area (Å²) in [5.41, 5.74) is 9.97. The van der Waals surface area contributed by atoms with Gasteiger partial charge in [-0.3, -0.25) is 4.79 Å². The lowest BCUT2D eigenvalue weighted by atomic mass is 9.97. The second kappa shape index (κ2) is 5.07. The Morgan fingerprint density at radius 3 is 2.80 bits per heavy atom. The van der Waals surface area contributed by atoms with E-state index in [0.29, 0.717) is 13.0 Å². The third-order valence-electron chi connectivity index (χ3n) is 3.57. The number of carbonyl (C=O) groups excluding carboxylic acids is 1. The molecule has 102 valence electrons. The average molecular weight is 268 g/mol. The molecule has 1 atom stereocenters. The van der Waals surface area contributed by atoms with Gasteiger partial charge in [-0.25, -0.2) is 0 Å². The van der Waals surface area contributed by atoms with E-state index >= 15 is 0 Å². The summed E-state index contributed by atoms with van der Waals surface area (Å²) in [6.45, 7) is 0.448. The Balaban J connectivity index is 1.92. The van der Waals surface area contributed by atoms with Crippen LogP contribution in [0.3, 0.4) is 0 Å². The summed E-state index contributed by atoms with van der Waals surface area (Å²) in [7, 11) is 0. The van der Waals surface area contributed by atoms with E-state index in [1.165, 1.54) is 0 Å². The van der Waals surface area contributed by atoms with Crippen molar-refractivity contribution in [3.05, 3.63) is 64.7 Å². The average Bonchev–Trinajstić information content (AvgIpc) is 2.85. The number of benzene rings is 2. The maximum atomic E-state index is 11.3. The van der Waals surface area contributed by atoms with Crippen LogP contribution in [0.1, 0.15) is 28.4 Å². The van der Waals surface area contributed by atoms with Gasteiger partial charge in [-0.15, -0.1) is 0 Å². The normalized spacial score (nSPS) is 14.8. The number of hydrogen-bond acceptors (Lipinski definition) is 3. The molecule has 1 aliphatic rings. The van der Waals surface area contributed by atoms with Crippen LogP contribution in [0.15, 0.2) is 42.5 Å². The molecule has 2 aromatic rings. The number of nitrogens with two attached hydrogens (primary N) is 1. The number of anilines is 1. The lowest BCUT2D eigenvalue weighted by molar-refractivity contribution is -0.115. The summed E-state index contributed by atoms with van der Waals surface area (Å²) in [4.78, 5) is 11.3. The molecule has 0 radical (unpaired) electrons. The van der Waals surface area contributed by atoms with Crippen molar-refractivity contribution in [2.75, 3.05) is 5.32 Å². The first kappa shape index (κ1) is 12.8. The maximum absolute atomic E-state index is 11.3. The fourth-order valence-corrected chi connectivity index (χ4v) is 2.50. The van der Waals surface area contributed by atoms with Crippen molar-refractivity contribution >= 4 is 11.6 Å². The molecule has 1 amide bonds. The predicted octanol–water partition coefficient (Wildman–Crippen LogP) is 1.72. The van der Waals surface area contributed by atoms with Crippen molar-refractivity contribution in [1.82, 2.24) is 0 Å². The molecular formula is C16H16N2O2. The van der Waals surface area contributed by atoms with Gasteiger partial charge >= 0.3 is 0 Å². The van der Waals surface area contributed by atoms with Crippen molar-refractivity contribution in [1.29, 1.82) is 0 Å². The second-order valence-electron chi connectivity index (χ2n) is 4.99. The van der Waals surface area contributed by atoms with Crippen LogP contribution in [0.25, 0.3) is 0 Å². The second-order valence-corrected chi connectivity index (χ2v) is 4.99. The van der Waals surface area contributed by atoms with E-state index in [1.807, 2.05) is 42.5 Å². The smallest absolute Gasteiger partial charge is 0.228 e. The van der Waals surface area contributed by atoms with Crippen LogP contribution >= 0.6 is 0 Å². The molecule has 0 aliphatic carbocycles. The Bertz CT molecular complexity index is 667. The van der Waals surface area contributed by atoms with Gasteiger partial charge in [0.25, 0.3) is 0 Å². The van der Waals surface area contributed by atoms with Crippen LogP contribution in [-0.2, 0) is 17.8 Å². The van der Waals surface area contributed by atoms with Gasteiger partial charge in [-0.05, 0) is 28.3 Å². The van der Waals surface area contributed by atoms with Crippen molar-refractivity contribution in [3.63, 3.8) is 0 Å². The molecule has 4 heteroatoms. The van der Waals surface area contributed by atoms with Gasteiger partial charge in [0.15, 0.2) is 0 Å². The zero-order chi connectivity index (χ0) is 14.1. The Hall–Kier alpha value is -2.17. The number of hydrogen-bond donors (Lipinski definition) is 3. The van der Waals surface area contributed by atoms with Gasteiger partial charge in [-0.2, -0.15) is 0 Å². The van der Waals surface area contributed by atoms with Crippen LogP contribution in [0.2, 0.25) is 0 Å². The standard InChI is InChI=1S/C16H16N2O2/c17-9-10-2-1-3-11(6-10)16(20)12-4-5-14-13(7-12)8-15(19)18-14/h1-7,16,20H,8-9,17H2,(H,18,19). The molecular weight excluding hydrogens is 252 g/mol. The Labute approximate surface area is 117 Å². The molecule has 0 spiro atoms. The van der Waals surface area contributed by atoms with Crippen molar-refractivity contribution in [3.8, 4) is 0 Å². The van der Waals surface area contributed by atoms with Gasteiger partial charge in [0.1, 0.15) is 6.10 Å². The van der Waals surface area contributed by atoms with Crippen molar-refractivity contribution in [2.24, 2.45) is 5.73 Å². The molecule has 0 aromatic heterocycles. The highest BCUT2D eigenvalue weighted by Crippen LogP contribution is 2.29. The summed E-state index contributed by atoms with van der Waals surface area (Å²) < 4.78 is 0. The van der Waals surface area contributed by atoms with E-state index in [4.69, 9.17) is 5.73 Å². The van der Waals surface area contributed by atoms with Gasteiger partial charge in [0.05, 0.1) is 6.42 Å². The molecule has 1 heterocycles. The molecule has 3 rings (SSSR count). The monoisotopic (exact) mass is 268 g/mol. The van der Waals surface area contributed by atoms with E-state index in [2.05, 4.69) is 5.32 Å². The lowest BCUT2D eigenvalue weighted by Crippen LogP contribution is -2.03. The third-order valence-corrected chi connectivity index (χ3v) is 3.57. The highest BCUT2D eigenvalue weighted by atomic mass is 16.3. The quantitative estimate of drug-likeness (QED) is 0.793. The van der Waals surface area contributed by atoms with Crippen molar-refractivity contribution in [2.45, 2.75) is 19.1 Å². The van der Waals surface area contributed by atoms with Crippen LogP contribution in [0, 0.1) is 0 Å². The molecule has 0 saturated heterocycles. The van der Waals surface area contributed by atoms with Crippen LogP contribution in [-0.4, -0.2) is 11.0 Å². The zero-order valence-electron chi connectivity index (χ0n) is 11.0. The SMILES string of the molecule is NCc1cccc(C(O)c2ccc3c(c2)CC(=O)N3)c1. The molecule has 0 saturated carbocycles. The first-order chi connectivity index (χ1) is 9.67. The van der Waals surface area contributed by atoms with Gasteiger partial charge in [0.2, 0.25) is 5.91 Å². The third kappa shape index (κ3) is 2.31. The summed E-state index contributed by atoms with van der Waals surface area (Å²) in [5.74, 6) is -0.00299. The summed E-state index contributed by atoms with van der Waals surface area (Å²) in [6, 6.07) is 13.2. The number of rotatable bonds is 3. The number of fused-ring (bicyclic) bond motifs is 1. The molecule has 0 fully saturated rings. The van der Waals surface area contributed by atoms with Gasteiger partial charge < -0.3 is 16.2 Å². The molecule has 4 nitrogen and oxygen atoms in total. The van der Waals surface area contributed by atoms with Crippen LogP contribution in [0.5, 0.6) is 0 Å². The summed E-state index contributed by atoms with van der Waals surface area (Å²) in [6.07, 6.45) is -0.332. The highest BCUT2D eigenvalue weighted by Gasteiger charge is 2.19. The van der Waals surface area contributed by atoms with Gasteiger partial charge in [-0.1, -0.05) is 36.4 Å². The minimum atomic E-state index is -0.706. The summed E-state index contributed by atoms with van der Waals surface area (Å²) >= 11 is 0. The van der Waals surface area contributed by atoms with E-state index in [0.717, 1.165) is 27.9 Å². The minimum Gasteiger partial charge on any atom is -0.384 e. The van der Waals surface area contributed by atoms with E-state index in [1.54, 1.807) is 0 Å². The molecule has 1 unspecified atom stereocenters. The van der Waals surface area contributed by atoms with E-state index in [-0.39, 0.29) is 5.91 Å². The fourth-order valence-electron chi connectivity index (χ4n) is 2.50. The lowest BCUT2D eigenvalue weighted by Gasteiger charge is -2.13. The molecule has 20 heavy (non-hydrogen) atoms.